The second kappa shape index (κ2) is 15.6. The Morgan fingerprint density at radius 3 is 2.44 bits per heavy atom. The maximum atomic E-state index is 14.2. The molecule has 0 saturated heterocycles. The van der Waals surface area contributed by atoms with Crippen molar-refractivity contribution in [1.82, 2.24) is 4.57 Å². The van der Waals surface area contributed by atoms with E-state index in [1.807, 2.05) is 26.8 Å². The molecule has 250 valence electrons. The highest BCUT2D eigenvalue weighted by Crippen LogP contribution is 2.36. The molecular formula is C37H37FN2O7S. The van der Waals surface area contributed by atoms with Crippen molar-refractivity contribution in [2.45, 2.75) is 39.8 Å². The molecule has 1 atom stereocenters. The number of fused-ring (bicyclic) bond motifs is 1. The van der Waals surface area contributed by atoms with Gasteiger partial charge in [-0.05, 0) is 86.4 Å². The van der Waals surface area contributed by atoms with E-state index in [9.17, 15) is 14.0 Å². The summed E-state index contributed by atoms with van der Waals surface area (Å²) in [5, 5.41) is 0. The Bertz CT molecular complexity index is 2030. The first kappa shape index (κ1) is 34.2. The van der Waals surface area contributed by atoms with Crippen molar-refractivity contribution >= 4 is 23.4 Å². The molecular weight excluding hydrogens is 635 g/mol. The third kappa shape index (κ3) is 7.36. The van der Waals surface area contributed by atoms with Crippen LogP contribution in [-0.2, 0) is 22.6 Å². The van der Waals surface area contributed by atoms with Crippen LogP contribution in [0.4, 0.5) is 4.39 Å². The minimum atomic E-state index is -0.820. The quantitative estimate of drug-likeness (QED) is 0.126. The zero-order valence-electron chi connectivity index (χ0n) is 27.3. The van der Waals surface area contributed by atoms with Crippen LogP contribution in [0.5, 0.6) is 23.0 Å². The van der Waals surface area contributed by atoms with E-state index >= 15 is 0 Å². The van der Waals surface area contributed by atoms with Gasteiger partial charge in [0.05, 0.1) is 43.1 Å². The predicted octanol–water partition coefficient (Wildman–Crippen LogP) is 5.66. The van der Waals surface area contributed by atoms with Gasteiger partial charge in [-0.25, -0.2) is 14.2 Å². The van der Waals surface area contributed by atoms with Crippen LogP contribution in [0, 0.1) is 5.82 Å². The summed E-state index contributed by atoms with van der Waals surface area (Å²) in [5.74, 6) is 1.11. The molecule has 0 amide bonds. The number of methoxy groups -OCH3 is 1. The fourth-order valence-corrected chi connectivity index (χ4v) is 6.39. The highest BCUT2D eigenvalue weighted by Gasteiger charge is 2.31. The lowest BCUT2D eigenvalue weighted by atomic mass is 9.97. The van der Waals surface area contributed by atoms with Crippen LogP contribution < -0.4 is 33.8 Å². The van der Waals surface area contributed by atoms with E-state index in [1.54, 1.807) is 48.6 Å². The van der Waals surface area contributed by atoms with Crippen LogP contribution in [0.1, 0.15) is 49.1 Å². The maximum absolute atomic E-state index is 14.2. The Kier molecular flexibility index (Phi) is 11.1. The van der Waals surface area contributed by atoms with Crippen LogP contribution in [-0.4, -0.2) is 37.5 Å². The Hall–Kier alpha value is -5.16. The minimum Gasteiger partial charge on any atom is -0.490 e. The van der Waals surface area contributed by atoms with Crippen LogP contribution >= 0.6 is 11.3 Å². The van der Waals surface area contributed by atoms with Crippen molar-refractivity contribution in [3.63, 3.8) is 0 Å². The highest BCUT2D eigenvalue weighted by atomic mass is 32.1. The normalized spacial score (nSPS) is 14.0. The number of halogens is 1. The number of hydrogen-bond donors (Lipinski definition) is 0. The van der Waals surface area contributed by atoms with E-state index in [-0.39, 0.29) is 23.6 Å². The fraction of sp³-hybridized carbons (Fsp3) is 0.270. The minimum absolute atomic E-state index is 0.138. The first-order valence-electron chi connectivity index (χ1n) is 15.6. The number of aromatic nitrogens is 1. The van der Waals surface area contributed by atoms with Gasteiger partial charge >= 0.3 is 5.97 Å². The predicted molar refractivity (Wildman–Crippen MR) is 182 cm³/mol. The lowest BCUT2D eigenvalue weighted by Crippen LogP contribution is -2.39. The first-order chi connectivity index (χ1) is 23.3. The van der Waals surface area contributed by atoms with Crippen molar-refractivity contribution in [3.8, 4) is 23.0 Å². The number of esters is 1. The molecule has 3 aromatic carbocycles. The maximum Gasteiger partial charge on any atom is 0.337 e. The Labute approximate surface area is 281 Å². The average molecular weight is 673 g/mol. The summed E-state index contributed by atoms with van der Waals surface area (Å²) in [6.45, 7) is 10.9. The lowest BCUT2D eigenvalue weighted by molar-refractivity contribution is -0.136. The zero-order chi connectivity index (χ0) is 34.2. The second-order valence-electron chi connectivity index (χ2n) is 10.6. The Morgan fingerprint density at radius 1 is 0.979 bits per heavy atom. The molecule has 11 heteroatoms. The van der Waals surface area contributed by atoms with Crippen molar-refractivity contribution < 1.29 is 32.9 Å². The van der Waals surface area contributed by atoms with E-state index in [1.165, 1.54) is 41.3 Å². The number of allylic oxidation sites excluding steroid dienone is 1. The molecule has 0 unspecified atom stereocenters. The molecule has 0 spiro atoms. The van der Waals surface area contributed by atoms with E-state index in [0.717, 1.165) is 5.56 Å². The summed E-state index contributed by atoms with van der Waals surface area (Å²) in [7, 11) is 1.29. The SMILES string of the molecule is C=CCc1cc(/C=c2\sc3n(c2=O)[C@H](c2ccc(OCC)c(OCC)c2)C(C(=O)OC)=CN=3)cc(OCC)c1OCc1cccc(F)c1. The van der Waals surface area contributed by atoms with Gasteiger partial charge in [-0.1, -0.05) is 35.6 Å². The van der Waals surface area contributed by atoms with E-state index in [4.69, 9.17) is 23.7 Å². The van der Waals surface area contributed by atoms with Crippen LogP contribution in [0.2, 0.25) is 0 Å². The number of nitrogens with zero attached hydrogens (tertiary/aromatic N) is 2. The van der Waals surface area contributed by atoms with Gasteiger partial charge in [-0.15, -0.1) is 6.58 Å². The molecule has 0 aliphatic carbocycles. The van der Waals surface area contributed by atoms with Crippen molar-refractivity contribution in [2.75, 3.05) is 26.9 Å². The Balaban J connectivity index is 1.61. The largest absolute Gasteiger partial charge is 0.490 e. The number of ether oxygens (including phenoxy) is 5. The third-order valence-corrected chi connectivity index (χ3v) is 8.39. The molecule has 0 saturated carbocycles. The fourth-order valence-electron chi connectivity index (χ4n) is 5.42. The van der Waals surface area contributed by atoms with Crippen molar-refractivity contribution in [2.24, 2.45) is 4.99 Å². The molecule has 1 aromatic heterocycles. The number of hydrogen-bond acceptors (Lipinski definition) is 9. The number of rotatable bonds is 14. The summed E-state index contributed by atoms with van der Waals surface area (Å²) in [6.07, 6.45) is 5.42. The van der Waals surface area contributed by atoms with Crippen molar-refractivity contribution in [3.05, 3.63) is 127 Å². The van der Waals surface area contributed by atoms with Crippen molar-refractivity contribution in [1.29, 1.82) is 0 Å². The molecule has 0 fully saturated rings. The summed E-state index contributed by atoms with van der Waals surface area (Å²) in [6, 6.07) is 14.4. The molecule has 2 heterocycles. The van der Waals surface area contributed by atoms with Gasteiger partial charge in [0.25, 0.3) is 5.56 Å². The molecule has 1 aliphatic rings. The number of carbonyl (C=O) groups is 1. The lowest BCUT2D eigenvalue weighted by Gasteiger charge is -2.23. The van der Waals surface area contributed by atoms with E-state index in [2.05, 4.69) is 11.6 Å². The molecule has 0 bridgehead atoms. The standard InChI is InChI=1S/C37H37FN2O7S/c1-6-11-26-16-24(18-31(46-9-4)34(26)47-22-23-12-10-13-27(38)17-23)19-32-35(41)40-33(28(36(42)43-5)21-39-37(40)48-32)25-14-15-29(44-7-2)30(20-25)45-8-3/h6,10,12-21,33H,1,7-9,11,22H2,2-5H3/b32-19-/t33-/m1/s1. The van der Waals surface area contributed by atoms with Gasteiger partial charge in [0, 0.05) is 11.8 Å². The first-order valence-corrected chi connectivity index (χ1v) is 16.4. The summed E-state index contributed by atoms with van der Waals surface area (Å²) < 4.78 is 44.5. The molecule has 9 nitrogen and oxygen atoms in total. The number of benzene rings is 3. The van der Waals surface area contributed by atoms with Crippen LogP contribution in [0.3, 0.4) is 0 Å². The second-order valence-corrected chi connectivity index (χ2v) is 11.6. The highest BCUT2D eigenvalue weighted by molar-refractivity contribution is 7.07. The van der Waals surface area contributed by atoms with E-state index < -0.39 is 12.0 Å². The topological polar surface area (TPSA) is 97.6 Å². The summed E-state index contributed by atoms with van der Waals surface area (Å²) in [5.41, 5.74) is 2.66. The van der Waals surface area contributed by atoms with Gasteiger partial charge < -0.3 is 23.7 Å². The van der Waals surface area contributed by atoms with Gasteiger partial charge in [0.1, 0.15) is 12.4 Å². The molecule has 4 aromatic rings. The van der Waals surface area contributed by atoms with E-state index in [0.29, 0.717) is 75.3 Å². The summed E-state index contributed by atoms with van der Waals surface area (Å²) >= 11 is 1.20. The van der Waals surface area contributed by atoms with Gasteiger partial charge in [0.15, 0.2) is 27.8 Å². The smallest absolute Gasteiger partial charge is 0.337 e. The third-order valence-electron chi connectivity index (χ3n) is 7.40. The molecule has 48 heavy (non-hydrogen) atoms. The molecule has 5 rings (SSSR count). The molecule has 0 radical (unpaired) electrons. The monoisotopic (exact) mass is 672 g/mol. The summed E-state index contributed by atoms with van der Waals surface area (Å²) in [4.78, 5) is 32.0. The number of thiazole rings is 1. The van der Waals surface area contributed by atoms with Crippen LogP contribution in [0.25, 0.3) is 6.08 Å². The average Bonchev–Trinajstić information content (AvgIpc) is 3.39. The van der Waals surface area contributed by atoms with Crippen LogP contribution in [0.15, 0.2) is 88.8 Å². The molecule has 1 aliphatic heterocycles. The number of carbonyl (C=O) groups excluding carboxylic acids is 1. The van der Waals surface area contributed by atoms with Gasteiger partial charge in [0.2, 0.25) is 0 Å². The zero-order valence-corrected chi connectivity index (χ0v) is 28.1. The van der Waals surface area contributed by atoms with Gasteiger partial charge in [-0.2, -0.15) is 0 Å². The molecule has 0 N–H and O–H groups in total. The van der Waals surface area contributed by atoms with Gasteiger partial charge in [-0.3, -0.25) is 9.36 Å². The Morgan fingerprint density at radius 2 is 1.73 bits per heavy atom.